The van der Waals surface area contributed by atoms with Gasteiger partial charge in [-0.3, -0.25) is 14.2 Å². The lowest BCUT2D eigenvalue weighted by molar-refractivity contribution is -0.113. The molecule has 2 aromatic carbocycles. The lowest BCUT2D eigenvalue weighted by Crippen LogP contribution is -2.25. The average Bonchev–Trinajstić information content (AvgIpc) is 3.27. The topological polar surface area (TPSA) is 82.5 Å². The normalized spacial score (nSPS) is 12.3. The summed E-state index contributed by atoms with van der Waals surface area (Å²) in [5.74, 6) is 1.64. The van der Waals surface area contributed by atoms with Crippen molar-refractivity contribution in [3.63, 3.8) is 0 Å². The van der Waals surface area contributed by atoms with E-state index in [0.29, 0.717) is 37.9 Å². The second-order valence-electron chi connectivity index (χ2n) is 6.76. The quantitative estimate of drug-likeness (QED) is 0.391. The Bertz CT molecular complexity index is 1230. The molecule has 7 nitrogen and oxygen atoms in total. The predicted molar refractivity (Wildman–Crippen MR) is 128 cm³/mol. The molecule has 3 aromatic rings. The number of ether oxygens (including phenoxy) is 2. The number of rotatable bonds is 7. The van der Waals surface area contributed by atoms with Gasteiger partial charge in [0.05, 0.1) is 41.9 Å². The highest BCUT2D eigenvalue weighted by atomic mass is 35.5. The third-order valence-electron chi connectivity index (χ3n) is 4.76. The summed E-state index contributed by atoms with van der Waals surface area (Å²) in [5.41, 5.74) is 1.68. The molecule has 2 heterocycles. The molecule has 0 unspecified atom stereocenters. The third kappa shape index (κ3) is 4.60. The van der Waals surface area contributed by atoms with Crippen LogP contribution in [0.3, 0.4) is 0 Å². The van der Waals surface area contributed by atoms with Crippen LogP contribution < -0.4 is 20.3 Å². The lowest BCUT2D eigenvalue weighted by Gasteiger charge is -2.16. The molecular formula is C22H20ClN3O4S2. The molecule has 0 saturated heterocycles. The third-order valence-corrected chi connectivity index (χ3v) is 7.04. The van der Waals surface area contributed by atoms with E-state index >= 15 is 0 Å². The van der Waals surface area contributed by atoms with Gasteiger partial charge in [0.15, 0.2) is 5.16 Å². The molecule has 0 atom stereocenters. The number of fused-ring (bicyclic) bond motifs is 1. The second kappa shape index (κ2) is 9.89. The highest BCUT2D eigenvalue weighted by Crippen LogP contribution is 2.32. The minimum Gasteiger partial charge on any atom is -0.495 e. The number of hydrogen-bond donors (Lipinski definition) is 1. The van der Waals surface area contributed by atoms with Crippen LogP contribution >= 0.6 is 35.1 Å². The maximum atomic E-state index is 13.3. The molecule has 166 valence electrons. The molecule has 1 amide bonds. The van der Waals surface area contributed by atoms with Crippen LogP contribution in [-0.2, 0) is 11.2 Å². The summed E-state index contributed by atoms with van der Waals surface area (Å²) in [7, 11) is 3.07. The van der Waals surface area contributed by atoms with Gasteiger partial charge in [0.2, 0.25) is 5.91 Å². The van der Waals surface area contributed by atoms with Crippen LogP contribution in [0.5, 0.6) is 11.5 Å². The number of aryl methyl sites for hydroxylation is 1. The van der Waals surface area contributed by atoms with Crippen molar-refractivity contribution >= 4 is 46.7 Å². The van der Waals surface area contributed by atoms with Crippen LogP contribution in [-0.4, -0.2) is 41.2 Å². The van der Waals surface area contributed by atoms with Crippen LogP contribution in [0.15, 0.2) is 57.3 Å². The fraction of sp³-hybridized carbons (Fsp3) is 0.227. The summed E-state index contributed by atoms with van der Waals surface area (Å²) < 4.78 is 12.3. The number of anilines is 1. The second-order valence-corrected chi connectivity index (χ2v) is 9.25. The predicted octanol–water partition coefficient (Wildman–Crippen LogP) is 4.28. The largest absolute Gasteiger partial charge is 0.495 e. The van der Waals surface area contributed by atoms with Gasteiger partial charge in [-0.15, -0.1) is 11.8 Å². The van der Waals surface area contributed by atoms with Gasteiger partial charge in [0.25, 0.3) is 5.56 Å². The number of halogens is 1. The minimum absolute atomic E-state index is 0.0448. The van der Waals surface area contributed by atoms with Gasteiger partial charge in [-0.25, -0.2) is 4.98 Å². The zero-order chi connectivity index (χ0) is 22.7. The van der Waals surface area contributed by atoms with Crippen molar-refractivity contribution in [3.8, 4) is 17.2 Å². The number of nitrogens with one attached hydrogen (secondary N) is 1. The maximum Gasteiger partial charge on any atom is 0.272 e. The lowest BCUT2D eigenvalue weighted by atomic mass is 10.2. The number of benzene rings is 2. The number of nitrogens with zero attached hydrogens (tertiary/aromatic N) is 2. The summed E-state index contributed by atoms with van der Waals surface area (Å²) in [6.07, 6.45) is 0.724. The van der Waals surface area contributed by atoms with Gasteiger partial charge in [-0.1, -0.05) is 35.5 Å². The molecule has 1 N–H and O–H groups in total. The number of hydrogen-bond acceptors (Lipinski definition) is 7. The number of para-hydroxylation sites is 2. The van der Waals surface area contributed by atoms with Crippen molar-refractivity contribution in [2.45, 2.75) is 16.5 Å². The highest BCUT2D eigenvalue weighted by molar-refractivity contribution is 8.00. The van der Waals surface area contributed by atoms with Crippen molar-refractivity contribution in [2.75, 3.05) is 31.0 Å². The van der Waals surface area contributed by atoms with E-state index in [1.54, 1.807) is 37.4 Å². The van der Waals surface area contributed by atoms with Gasteiger partial charge < -0.3 is 14.8 Å². The van der Waals surface area contributed by atoms with Gasteiger partial charge in [0, 0.05) is 17.2 Å². The van der Waals surface area contributed by atoms with E-state index in [1.165, 1.54) is 35.2 Å². The van der Waals surface area contributed by atoms with Crippen LogP contribution in [0.4, 0.5) is 5.69 Å². The van der Waals surface area contributed by atoms with E-state index in [2.05, 4.69) is 5.32 Å². The highest BCUT2D eigenvalue weighted by Gasteiger charge is 2.24. The number of thioether (sulfide) groups is 2. The van der Waals surface area contributed by atoms with Gasteiger partial charge in [-0.2, -0.15) is 0 Å². The van der Waals surface area contributed by atoms with Crippen molar-refractivity contribution in [1.82, 2.24) is 9.55 Å². The fourth-order valence-electron chi connectivity index (χ4n) is 3.31. The van der Waals surface area contributed by atoms with Gasteiger partial charge in [-0.05, 0) is 30.3 Å². The summed E-state index contributed by atoms with van der Waals surface area (Å²) in [6.45, 7) is 0. The summed E-state index contributed by atoms with van der Waals surface area (Å²) in [5, 5.41) is 3.73. The van der Waals surface area contributed by atoms with Crippen molar-refractivity contribution in [3.05, 3.63) is 63.5 Å². The number of carbonyl (C=O) groups excluding carboxylic acids is 1. The first-order valence-electron chi connectivity index (χ1n) is 9.70. The Kier molecular flexibility index (Phi) is 6.98. The molecule has 1 aliphatic rings. The Hall–Kier alpha value is -2.62. The van der Waals surface area contributed by atoms with E-state index in [4.69, 9.17) is 26.1 Å². The first kappa shape index (κ1) is 22.6. The van der Waals surface area contributed by atoms with E-state index in [0.717, 1.165) is 17.9 Å². The molecule has 0 aliphatic carbocycles. The van der Waals surface area contributed by atoms with Crippen LogP contribution in [0.25, 0.3) is 5.69 Å². The zero-order valence-electron chi connectivity index (χ0n) is 17.4. The van der Waals surface area contributed by atoms with Crippen LogP contribution in [0, 0.1) is 0 Å². The number of carbonyl (C=O) groups is 1. The Morgan fingerprint density at radius 2 is 2.00 bits per heavy atom. The fourth-order valence-corrected chi connectivity index (χ4v) is 5.33. The summed E-state index contributed by atoms with van der Waals surface area (Å²) in [4.78, 5) is 31.4. The molecule has 0 saturated carbocycles. The Morgan fingerprint density at radius 3 is 2.78 bits per heavy atom. The molecule has 0 spiro atoms. The Labute approximate surface area is 198 Å². The van der Waals surface area contributed by atoms with E-state index in [9.17, 15) is 9.59 Å². The standard InChI is InChI=1S/C22H20ClN3O4S2/c1-29-17-8-7-13(23)11-15(17)24-19(27)12-32-22-25-14-9-10-31-20(14)21(28)26(22)16-5-3-4-6-18(16)30-2/h3-8,11H,9-10,12H2,1-2H3,(H,24,27). The zero-order valence-corrected chi connectivity index (χ0v) is 19.8. The first-order valence-corrected chi connectivity index (χ1v) is 12.0. The SMILES string of the molecule is COc1ccc(Cl)cc1NC(=O)CSc1nc2c(c(=O)n1-c1ccccc1OC)SCC2. The Morgan fingerprint density at radius 1 is 1.22 bits per heavy atom. The van der Waals surface area contributed by atoms with Crippen LogP contribution in [0.1, 0.15) is 5.69 Å². The van der Waals surface area contributed by atoms with Crippen LogP contribution in [0.2, 0.25) is 5.02 Å². The Balaban J connectivity index is 1.64. The van der Waals surface area contributed by atoms with E-state index in [1.807, 2.05) is 12.1 Å². The number of methoxy groups -OCH3 is 2. The van der Waals surface area contributed by atoms with Gasteiger partial charge in [0.1, 0.15) is 11.5 Å². The van der Waals surface area contributed by atoms with Crippen molar-refractivity contribution < 1.29 is 14.3 Å². The molecule has 1 aliphatic heterocycles. The molecule has 1 aromatic heterocycles. The molecule has 10 heteroatoms. The number of amides is 1. The number of aromatic nitrogens is 2. The molecule has 32 heavy (non-hydrogen) atoms. The van der Waals surface area contributed by atoms with E-state index in [-0.39, 0.29) is 17.2 Å². The molecule has 0 radical (unpaired) electrons. The molecule has 0 bridgehead atoms. The first-order chi connectivity index (χ1) is 15.5. The van der Waals surface area contributed by atoms with E-state index < -0.39 is 0 Å². The summed E-state index contributed by atoms with van der Waals surface area (Å²) >= 11 is 8.74. The molecule has 4 rings (SSSR count). The summed E-state index contributed by atoms with van der Waals surface area (Å²) in [6, 6.07) is 12.2. The monoisotopic (exact) mass is 489 g/mol. The maximum absolute atomic E-state index is 13.3. The molecule has 0 fully saturated rings. The van der Waals surface area contributed by atoms with Crippen molar-refractivity contribution in [2.24, 2.45) is 0 Å². The average molecular weight is 490 g/mol. The molecular weight excluding hydrogens is 470 g/mol. The van der Waals surface area contributed by atoms with Crippen molar-refractivity contribution in [1.29, 1.82) is 0 Å². The van der Waals surface area contributed by atoms with Gasteiger partial charge >= 0.3 is 0 Å². The minimum atomic E-state index is -0.272. The smallest absolute Gasteiger partial charge is 0.272 e.